The van der Waals surface area contributed by atoms with Crippen LogP contribution in [-0.2, 0) is 9.53 Å². The molecule has 3 unspecified atom stereocenters. The van der Waals surface area contributed by atoms with Gasteiger partial charge in [-0.05, 0) is 58.3 Å². The van der Waals surface area contributed by atoms with Crippen molar-refractivity contribution in [3.05, 3.63) is 0 Å². The SMILES string of the molecule is CC1CCC(C(C)C)C(OC(=O)C(C)(C)C(C)(C)N)C1. The van der Waals surface area contributed by atoms with Gasteiger partial charge in [0.05, 0.1) is 5.41 Å². The zero-order valence-corrected chi connectivity index (χ0v) is 14.3. The van der Waals surface area contributed by atoms with E-state index in [1.807, 2.05) is 27.7 Å². The molecule has 1 rings (SSSR count). The van der Waals surface area contributed by atoms with Crippen molar-refractivity contribution in [1.82, 2.24) is 0 Å². The summed E-state index contributed by atoms with van der Waals surface area (Å²) in [6.07, 6.45) is 3.43. The molecule has 0 aromatic carbocycles. The van der Waals surface area contributed by atoms with Gasteiger partial charge in [0.1, 0.15) is 6.10 Å². The first-order chi connectivity index (χ1) is 8.96. The molecule has 1 aliphatic carbocycles. The van der Waals surface area contributed by atoms with Crippen molar-refractivity contribution in [2.24, 2.45) is 28.9 Å². The molecule has 0 spiro atoms. The highest BCUT2D eigenvalue weighted by molar-refractivity contribution is 5.77. The van der Waals surface area contributed by atoms with Gasteiger partial charge in [0.25, 0.3) is 0 Å². The fourth-order valence-electron chi connectivity index (χ4n) is 2.80. The molecule has 20 heavy (non-hydrogen) atoms. The fourth-order valence-corrected chi connectivity index (χ4v) is 2.80. The van der Waals surface area contributed by atoms with E-state index in [1.54, 1.807) is 0 Å². The standard InChI is InChI=1S/C17H33NO2/c1-11(2)13-9-8-12(3)10-14(13)20-15(19)16(4,5)17(6,7)18/h11-14H,8-10,18H2,1-7H3. The van der Waals surface area contributed by atoms with Crippen molar-refractivity contribution in [2.75, 3.05) is 0 Å². The molecule has 0 aromatic heterocycles. The molecule has 1 aliphatic rings. The van der Waals surface area contributed by atoms with Gasteiger partial charge in [0.2, 0.25) is 0 Å². The average molecular weight is 283 g/mol. The van der Waals surface area contributed by atoms with Gasteiger partial charge in [-0.3, -0.25) is 4.79 Å². The number of carbonyl (C=O) groups excluding carboxylic acids is 1. The smallest absolute Gasteiger partial charge is 0.313 e. The third-order valence-electron chi connectivity index (χ3n) is 5.34. The van der Waals surface area contributed by atoms with Crippen LogP contribution >= 0.6 is 0 Å². The number of esters is 1. The molecule has 3 nitrogen and oxygen atoms in total. The third kappa shape index (κ3) is 3.75. The van der Waals surface area contributed by atoms with Gasteiger partial charge in [0.15, 0.2) is 0 Å². The fraction of sp³-hybridized carbons (Fsp3) is 0.941. The molecule has 0 bridgehead atoms. The second kappa shape index (κ2) is 6.05. The van der Waals surface area contributed by atoms with Crippen LogP contribution in [0.3, 0.4) is 0 Å². The van der Waals surface area contributed by atoms with Crippen molar-refractivity contribution in [3.63, 3.8) is 0 Å². The van der Waals surface area contributed by atoms with Crippen molar-refractivity contribution >= 4 is 5.97 Å². The Balaban J connectivity index is 2.81. The zero-order valence-electron chi connectivity index (χ0n) is 14.3. The molecule has 1 saturated carbocycles. The highest BCUT2D eigenvalue weighted by Gasteiger charge is 2.44. The predicted octanol–water partition coefficient (Wildman–Crippen LogP) is 3.75. The van der Waals surface area contributed by atoms with E-state index in [0.717, 1.165) is 12.8 Å². The molecule has 0 aliphatic heterocycles. The van der Waals surface area contributed by atoms with E-state index in [0.29, 0.717) is 17.8 Å². The first-order valence-corrected chi connectivity index (χ1v) is 7.96. The summed E-state index contributed by atoms with van der Waals surface area (Å²) in [6.45, 7) is 14.2. The van der Waals surface area contributed by atoms with E-state index >= 15 is 0 Å². The quantitative estimate of drug-likeness (QED) is 0.799. The maximum absolute atomic E-state index is 12.6. The minimum atomic E-state index is -0.671. The van der Waals surface area contributed by atoms with Gasteiger partial charge >= 0.3 is 5.97 Å². The number of hydrogen-bond donors (Lipinski definition) is 1. The number of carbonyl (C=O) groups is 1. The molecule has 2 N–H and O–H groups in total. The molecule has 0 aromatic rings. The van der Waals surface area contributed by atoms with Crippen LogP contribution in [-0.4, -0.2) is 17.6 Å². The molecular formula is C17H33NO2. The lowest BCUT2D eigenvalue weighted by Crippen LogP contribution is -2.53. The summed E-state index contributed by atoms with van der Waals surface area (Å²) in [4.78, 5) is 12.6. The van der Waals surface area contributed by atoms with Gasteiger partial charge in [-0.1, -0.05) is 27.2 Å². The van der Waals surface area contributed by atoms with Crippen LogP contribution in [0, 0.1) is 23.2 Å². The average Bonchev–Trinajstić information content (AvgIpc) is 2.26. The Labute approximate surface area is 124 Å². The Bertz CT molecular complexity index is 341. The third-order valence-corrected chi connectivity index (χ3v) is 5.34. The topological polar surface area (TPSA) is 52.3 Å². The van der Waals surface area contributed by atoms with E-state index < -0.39 is 11.0 Å². The summed E-state index contributed by atoms with van der Waals surface area (Å²) in [5.41, 5.74) is 4.88. The first-order valence-electron chi connectivity index (χ1n) is 7.96. The number of rotatable bonds is 4. The molecule has 0 saturated heterocycles. The van der Waals surface area contributed by atoms with Crippen LogP contribution in [0.1, 0.15) is 67.7 Å². The Morgan fingerprint density at radius 3 is 2.20 bits per heavy atom. The van der Waals surface area contributed by atoms with Gasteiger partial charge in [-0.25, -0.2) is 0 Å². The Kier molecular flexibility index (Phi) is 5.29. The lowest BCUT2D eigenvalue weighted by atomic mass is 9.73. The zero-order chi connectivity index (χ0) is 15.7. The highest BCUT2D eigenvalue weighted by atomic mass is 16.5. The monoisotopic (exact) mass is 283 g/mol. The van der Waals surface area contributed by atoms with Crippen LogP contribution in [0.4, 0.5) is 0 Å². The van der Waals surface area contributed by atoms with E-state index in [2.05, 4.69) is 20.8 Å². The van der Waals surface area contributed by atoms with Crippen molar-refractivity contribution < 1.29 is 9.53 Å². The second-order valence-corrected chi connectivity index (χ2v) is 8.12. The Morgan fingerprint density at radius 1 is 1.20 bits per heavy atom. The van der Waals surface area contributed by atoms with Crippen molar-refractivity contribution in [1.29, 1.82) is 0 Å². The second-order valence-electron chi connectivity index (χ2n) is 8.12. The van der Waals surface area contributed by atoms with Crippen LogP contribution in [0.15, 0.2) is 0 Å². The Morgan fingerprint density at radius 2 is 1.75 bits per heavy atom. The molecule has 118 valence electrons. The van der Waals surface area contributed by atoms with Crippen molar-refractivity contribution in [2.45, 2.75) is 79.4 Å². The lowest BCUT2D eigenvalue weighted by Gasteiger charge is -2.41. The lowest BCUT2D eigenvalue weighted by molar-refractivity contribution is -0.169. The summed E-state index contributed by atoms with van der Waals surface area (Å²) in [6, 6.07) is 0. The van der Waals surface area contributed by atoms with E-state index in [9.17, 15) is 4.79 Å². The number of nitrogens with two attached hydrogens (primary N) is 1. The molecule has 3 atom stereocenters. The number of hydrogen-bond acceptors (Lipinski definition) is 3. The summed E-state index contributed by atoms with van der Waals surface area (Å²) in [5, 5.41) is 0. The first kappa shape index (κ1) is 17.5. The summed E-state index contributed by atoms with van der Waals surface area (Å²) >= 11 is 0. The van der Waals surface area contributed by atoms with Gasteiger partial charge in [0, 0.05) is 5.54 Å². The molecule has 0 amide bonds. The maximum atomic E-state index is 12.6. The van der Waals surface area contributed by atoms with Crippen LogP contribution < -0.4 is 5.73 Å². The summed E-state index contributed by atoms with van der Waals surface area (Å²) in [7, 11) is 0. The summed E-state index contributed by atoms with van der Waals surface area (Å²) in [5.74, 6) is 1.51. The molecule has 0 heterocycles. The highest BCUT2D eigenvalue weighted by Crippen LogP contribution is 2.38. The van der Waals surface area contributed by atoms with Gasteiger partial charge in [-0.2, -0.15) is 0 Å². The maximum Gasteiger partial charge on any atom is 0.313 e. The van der Waals surface area contributed by atoms with Crippen molar-refractivity contribution in [3.8, 4) is 0 Å². The molecule has 3 heteroatoms. The van der Waals surface area contributed by atoms with E-state index in [1.165, 1.54) is 6.42 Å². The van der Waals surface area contributed by atoms with Crippen LogP contribution in [0.2, 0.25) is 0 Å². The minimum Gasteiger partial charge on any atom is -0.462 e. The minimum absolute atomic E-state index is 0.0490. The van der Waals surface area contributed by atoms with Gasteiger partial charge in [-0.15, -0.1) is 0 Å². The van der Waals surface area contributed by atoms with Crippen LogP contribution in [0.5, 0.6) is 0 Å². The van der Waals surface area contributed by atoms with E-state index in [4.69, 9.17) is 10.5 Å². The molecule has 1 fully saturated rings. The molecule has 0 radical (unpaired) electrons. The predicted molar refractivity (Wildman–Crippen MR) is 83.3 cm³/mol. The molecular weight excluding hydrogens is 250 g/mol. The van der Waals surface area contributed by atoms with E-state index in [-0.39, 0.29) is 12.1 Å². The van der Waals surface area contributed by atoms with Crippen LogP contribution in [0.25, 0.3) is 0 Å². The normalized spacial score (nSPS) is 28.6. The van der Waals surface area contributed by atoms with Gasteiger partial charge < -0.3 is 10.5 Å². The summed E-state index contributed by atoms with van der Waals surface area (Å²) < 4.78 is 5.91. The number of ether oxygens (including phenoxy) is 1. The Hall–Kier alpha value is -0.570. The largest absolute Gasteiger partial charge is 0.462 e.